The number of nitrogens with one attached hydrogen (secondary N) is 3. The SMILES string of the molecule is CCN[C@H]1CCC[C@@H]1Nc1ccc2c(c1)CN(C1CCC(=O)NC1=O)C2=O. The summed E-state index contributed by atoms with van der Waals surface area (Å²) >= 11 is 0. The maximum absolute atomic E-state index is 12.7. The molecule has 27 heavy (non-hydrogen) atoms. The number of likely N-dealkylation sites (N-methyl/N-ethyl adjacent to an activating group) is 1. The Bertz CT molecular complexity index is 778. The molecule has 3 aliphatic rings. The first kappa shape index (κ1) is 18.0. The molecule has 1 saturated carbocycles. The first-order valence-corrected chi connectivity index (χ1v) is 9.84. The summed E-state index contributed by atoms with van der Waals surface area (Å²) in [5.41, 5.74) is 2.61. The normalized spacial score (nSPS) is 27.7. The molecule has 0 bridgehead atoms. The van der Waals surface area contributed by atoms with Crippen molar-refractivity contribution in [2.75, 3.05) is 11.9 Å². The minimum atomic E-state index is -0.563. The van der Waals surface area contributed by atoms with Crippen molar-refractivity contribution in [3.63, 3.8) is 0 Å². The maximum atomic E-state index is 12.7. The summed E-state index contributed by atoms with van der Waals surface area (Å²) < 4.78 is 0. The molecule has 1 aromatic carbocycles. The molecule has 1 saturated heterocycles. The van der Waals surface area contributed by atoms with E-state index in [9.17, 15) is 14.4 Å². The van der Waals surface area contributed by atoms with Crippen molar-refractivity contribution in [3.05, 3.63) is 29.3 Å². The van der Waals surface area contributed by atoms with E-state index < -0.39 is 6.04 Å². The fraction of sp³-hybridized carbons (Fsp3) is 0.550. The average Bonchev–Trinajstić information content (AvgIpc) is 3.20. The minimum Gasteiger partial charge on any atom is -0.381 e. The molecule has 0 radical (unpaired) electrons. The van der Waals surface area contributed by atoms with E-state index in [0.717, 1.165) is 24.2 Å². The average molecular weight is 370 g/mol. The van der Waals surface area contributed by atoms with E-state index in [2.05, 4.69) is 22.9 Å². The van der Waals surface area contributed by atoms with Gasteiger partial charge in [0.05, 0.1) is 0 Å². The van der Waals surface area contributed by atoms with Crippen LogP contribution >= 0.6 is 0 Å². The van der Waals surface area contributed by atoms with E-state index in [0.29, 0.717) is 30.6 Å². The van der Waals surface area contributed by atoms with Gasteiger partial charge in [-0.15, -0.1) is 0 Å². The number of nitrogens with zero attached hydrogens (tertiary/aromatic N) is 1. The van der Waals surface area contributed by atoms with Crippen molar-refractivity contribution in [1.29, 1.82) is 0 Å². The molecule has 0 aromatic heterocycles. The van der Waals surface area contributed by atoms with Crippen molar-refractivity contribution in [2.45, 2.75) is 63.7 Å². The number of rotatable bonds is 5. The van der Waals surface area contributed by atoms with Gasteiger partial charge in [0.2, 0.25) is 11.8 Å². The predicted molar refractivity (Wildman–Crippen MR) is 101 cm³/mol. The molecule has 1 unspecified atom stereocenters. The Balaban J connectivity index is 1.48. The van der Waals surface area contributed by atoms with E-state index in [4.69, 9.17) is 0 Å². The zero-order chi connectivity index (χ0) is 19.0. The van der Waals surface area contributed by atoms with E-state index in [1.165, 1.54) is 12.8 Å². The number of imide groups is 1. The van der Waals surface area contributed by atoms with Gasteiger partial charge in [0.15, 0.2) is 0 Å². The van der Waals surface area contributed by atoms with Crippen LogP contribution in [-0.2, 0) is 16.1 Å². The van der Waals surface area contributed by atoms with Gasteiger partial charge in [0, 0.05) is 36.3 Å². The zero-order valence-electron chi connectivity index (χ0n) is 15.6. The largest absolute Gasteiger partial charge is 0.381 e. The molecule has 1 aliphatic carbocycles. The second kappa shape index (κ2) is 7.31. The lowest BCUT2D eigenvalue weighted by atomic mass is 10.0. The molecule has 3 N–H and O–H groups in total. The van der Waals surface area contributed by atoms with Crippen LogP contribution in [0.5, 0.6) is 0 Å². The van der Waals surface area contributed by atoms with Crippen LogP contribution in [0.25, 0.3) is 0 Å². The second-order valence-electron chi connectivity index (χ2n) is 7.62. The summed E-state index contributed by atoms with van der Waals surface area (Å²) in [6, 6.07) is 6.14. The molecule has 3 atom stereocenters. The van der Waals surface area contributed by atoms with Crippen LogP contribution in [0.15, 0.2) is 18.2 Å². The predicted octanol–water partition coefficient (Wildman–Crippen LogP) is 1.39. The molecular weight excluding hydrogens is 344 g/mol. The number of amides is 3. The molecule has 1 aromatic rings. The third-order valence-corrected chi connectivity index (χ3v) is 5.86. The third kappa shape index (κ3) is 3.43. The van der Waals surface area contributed by atoms with Crippen LogP contribution in [0.2, 0.25) is 0 Å². The lowest BCUT2D eigenvalue weighted by Crippen LogP contribution is -2.52. The van der Waals surface area contributed by atoms with Crippen molar-refractivity contribution >= 4 is 23.4 Å². The number of benzene rings is 1. The molecule has 2 aliphatic heterocycles. The molecule has 0 spiro atoms. The van der Waals surface area contributed by atoms with Gasteiger partial charge in [-0.25, -0.2) is 0 Å². The van der Waals surface area contributed by atoms with Gasteiger partial charge >= 0.3 is 0 Å². The lowest BCUT2D eigenvalue weighted by molar-refractivity contribution is -0.136. The Kier molecular flexibility index (Phi) is 4.86. The van der Waals surface area contributed by atoms with Gasteiger partial charge < -0.3 is 15.5 Å². The number of carbonyl (C=O) groups is 3. The number of hydrogen-bond acceptors (Lipinski definition) is 5. The van der Waals surface area contributed by atoms with Crippen molar-refractivity contribution in [2.24, 2.45) is 0 Å². The summed E-state index contributed by atoms with van der Waals surface area (Å²) in [5.74, 6) is -0.763. The number of fused-ring (bicyclic) bond motifs is 1. The van der Waals surface area contributed by atoms with E-state index in [1.54, 1.807) is 4.90 Å². The van der Waals surface area contributed by atoms with Gasteiger partial charge in [-0.3, -0.25) is 19.7 Å². The van der Waals surface area contributed by atoms with Crippen molar-refractivity contribution in [1.82, 2.24) is 15.5 Å². The van der Waals surface area contributed by atoms with Crippen LogP contribution in [0, 0.1) is 0 Å². The Morgan fingerprint density at radius 2 is 1.96 bits per heavy atom. The molecule has 2 fully saturated rings. The fourth-order valence-electron chi connectivity index (χ4n) is 4.52. The van der Waals surface area contributed by atoms with Gasteiger partial charge in [-0.1, -0.05) is 6.92 Å². The second-order valence-corrected chi connectivity index (χ2v) is 7.62. The molecule has 144 valence electrons. The monoisotopic (exact) mass is 370 g/mol. The minimum absolute atomic E-state index is 0.127. The maximum Gasteiger partial charge on any atom is 0.255 e. The van der Waals surface area contributed by atoms with Gasteiger partial charge in [-0.05, 0) is 56.0 Å². The van der Waals surface area contributed by atoms with Crippen LogP contribution < -0.4 is 16.0 Å². The highest BCUT2D eigenvalue weighted by atomic mass is 16.2. The third-order valence-electron chi connectivity index (χ3n) is 5.86. The number of hydrogen-bond donors (Lipinski definition) is 3. The summed E-state index contributed by atoms with van der Waals surface area (Å²) in [6.07, 6.45) is 4.19. The summed E-state index contributed by atoms with van der Waals surface area (Å²) in [6.45, 7) is 3.50. The van der Waals surface area contributed by atoms with Crippen LogP contribution in [0.3, 0.4) is 0 Å². The van der Waals surface area contributed by atoms with Crippen molar-refractivity contribution < 1.29 is 14.4 Å². The summed E-state index contributed by atoms with van der Waals surface area (Å²) in [7, 11) is 0. The highest BCUT2D eigenvalue weighted by Crippen LogP contribution is 2.31. The number of carbonyl (C=O) groups excluding carboxylic acids is 3. The molecule has 7 nitrogen and oxygen atoms in total. The molecule has 7 heteroatoms. The summed E-state index contributed by atoms with van der Waals surface area (Å²) in [4.78, 5) is 37.8. The van der Waals surface area contributed by atoms with Gasteiger partial charge in [0.25, 0.3) is 5.91 Å². The smallest absolute Gasteiger partial charge is 0.255 e. The number of anilines is 1. The molecule has 2 heterocycles. The Morgan fingerprint density at radius 3 is 2.74 bits per heavy atom. The first-order chi connectivity index (χ1) is 13.1. The Labute approximate surface area is 158 Å². The zero-order valence-corrected chi connectivity index (χ0v) is 15.6. The van der Waals surface area contributed by atoms with Crippen LogP contribution in [0.4, 0.5) is 5.69 Å². The van der Waals surface area contributed by atoms with Gasteiger partial charge in [-0.2, -0.15) is 0 Å². The van der Waals surface area contributed by atoms with Gasteiger partial charge in [0.1, 0.15) is 6.04 Å². The standard InChI is InChI=1S/C20H26N4O3/c1-2-21-15-4-3-5-16(15)22-13-6-7-14-12(10-13)11-24(20(14)27)17-8-9-18(25)23-19(17)26/h6-7,10,15-17,21-22H,2-5,8-9,11H2,1H3,(H,23,25,26)/t15-,16-,17?/m0/s1. The fourth-order valence-corrected chi connectivity index (χ4v) is 4.52. The van der Waals surface area contributed by atoms with E-state index in [-0.39, 0.29) is 24.1 Å². The lowest BCUT2D eigenvalue weighted by Gasteiger charge is -2.29. The van der Waals surface area contributed by atoms with Crippen molar-refractivity contribution in [3.8, 4) is 0 Å². The van der Waals surface area contributed by atoms with Crippen LogP contribution in [0.1, 0.15) is 54.9 Å². The highest BCUT2D eigenvalue weighted by molar-refractivity contribution is 6.05. The molecule has 3 amide bonds. The number of piperidine rings is 1. The Hall–Kier alpha value is -2.41. The summed E-state index contributed by atoms with van der Waals surface area (Å²) in [5, 5.41) is 9.49. The molecular formula is C20H26N4O3. The Morgan fingerprint density at radius 1 is 1.15 bits per heavy atom. The van der Waals surface area contributed by atoms with Crippen LogP contribution in [-0.4, -0.2) is 47.3 Å². The first-order valence-electron chi connectivity index (χ1n) is 9.84. The molecule has 4 rings (SSSR count). The quantitative estimate of drug-likeness (QED) is 0.682. The topological polar surface area (TPSA) is 90.5 Å². The van der Waals surface area contributed by atoms with E-state index in [1.807, 2.05) is 18.2 Å². The highest BCUT2D eigenvalue weighted by Gasteiger charge is 2.39. The van der Waals surface area contributed by atoms with E-state index >= 15 is 0 Å².